The Bertz CT molecular complexity index is 1070. The van der Waals surface area contributed by atoms with E-state index in [0.29, 0.717) is 36.3 Å². The number of hydrogen-bond acceptors (Lipinski definition) is 6. The van der Waals surface area contributed by atoms with Gasteiger partial charge in [-0.15, -0.1) is 0 Å². The molecule has 0 unspecified atom stereocenters. The minimum absolute atomic E-state index is 0.0518. The molecule has 8 nitrogen and oxygen atoms in total. The summed E-state index contributed by atoms with van der Waals surface area (Å²) in [7, 11) is 1.53. The number of aromatic nitrogens is 2. The summed E-state index contributed by atoms with van der Waals surface area (Å²) in [5.74, 6) is 0.932. The Hall–Kier alpha value is -3.13. The summed E-state index contributed by atoms with van der Waals surface area (Å²) in [6.07, 6.45) is 2.05. The molecule has 1 aliphatic heterocycles. The molecule has 2 N–H and O–H groups in total. The number of methoxy groups -OCH3 is 1. The Morgan fingerprint density at radius 2 is 2.21 bits per heavy atom. The smallest absolute Gasteiger partial charge is 0.257 e. The molecule has 0 aliphatic carbocycles. The van der Waals surface area contributed by atoms with Crippen LogP contribution in [0.2, 0.25) is 0 Å². The number of aromatic amines is 1. The molecule has 1 saturated heterocycles. The summed E-state index contributed by atoms with van der Waals surface area (Å²) in [6, 6.07) is 6.79. The predicted octanol–water partition coefficient (Wildman–Crippen LogP) is 1.82. The molecule has 3 aromatic rings. The van der Waals surface area contributed by atoms with Crippen LogP contribution in [0.15, 0.2) is 39.8 Å². The van der Waals surface area contributed by atoms with Gasteiger partial charge in [-0.25, -0.2) is 0 Å². The van der Waals surface area contributed by atoms with E-state index in [1.54, 1.807) is 18.2 Å². The van der Waals surface area contributed by atoms with Crippen molar-refractivity contribution >= 4 is 16.8 Å². The number of ether oxygens (including phenoxy) is 2. The van der Waals surface area contributed by atoms with E-state index in [2.05, 4.69) is 15.5 Å². The van der Waals surface area contributed by atoms with E-state index in [1.165, 1.54) is 13.3 Å². The Kier molecular flexibility index (Phi) is 4.87. The van der Waals surface area contributed by atoms with Crippen LogP contribution in [0.4, 0.5) is 0 Å². The normalized spacial score (nSPS) is 19.1. The van der Waals surface area contributed by atoms with E-state index in [9.17, 15) is 9.59 Å². The molecule has 146 valence electrons. The lowest BCUT2D eigenvalue weighted by Crippen LogP contribution is -2.42. The number of carbonyl (C=O) groups is 1. The van der Waals surface area contributed by atoms with Gasteiger partial charge < -0.3 is 24.3 Å². The zero-order chi connectivity index (χ0) is 19.7. The number of pyridine rings is 1. The summed E-state index contributed by atoms with van der Waals surface area (Å²) in [6.45, 7) is 2.76. The van der Waals surface area contributed by atoms with E-state index >= 15 is 0 Å². The molecule has 0 radical (unpaired) electrons. The van der Waals surface area contributed by atoms with Gasteiger partial charge in [-0.3, -0.25) is 9.59 Å². The highest BCUT2D eigenvalue weighted by Gasteiger charge is 2.31. The monoisotopic (exact) mass is 383 g/mol. The summed E-state index contributed by atoms with van der Waals surface area (Å²) < 4.78 is 16.0. The third-order valence-corrected chi connectivity index (χ3v) is 4.99. The number of H-pyrrole nitrogens is 1. The zero-order valence-corrected chi connectivity index (χ0v) is 15.7. The molecule has 1 aromatic carbocycles. The topological polar surface area (TPSA) is 106 Å². The number of amides is 1. The molecule has 0 saturated carbocycles. The number of aryl methyl sites for hydroxylation is 1. The first-order chi connectivity index (χ1) is 13.5. The number of nitrogens with one attached hydrogen (secondary N) is 2. The molecule has 2 atom stereocenters. The first kappa shape index (κ1) is 18.2. The number of rotatable bonds is 5. The third kappa shape index (κ3) is 3.50. The molecule has 0 bridgehead atoms. The van der Waals surface area contributed by atoms with Crippen LogP contribution in [0.3, 0.4) is 0 Å². The second-order valence-electron chi connectivity index (χ2n) is 6.96. The predicted molar refractivity (Wildman–Crippen MR) is 102 cm³/mol. The van der Waals surface area contributed by atoms with E-state index < -0.39 is 5.91 Å². The Morgan fingerprint density at radius 1 is 1.36 bits per heavy atom. The summed E-state index contributed by atoms with van der Waals surface area (Å²) >= 11 is 0. The number of fused-ring (bicyclic) bond motifs is 1. The molecular formula is C20H21N3O5. The largest absolute Gasteiger partial charge is 0.497 e. The molecule has 1 aliphatic rings. The van der Waals surface area contributed by atoms with Crippen molar-refractivity contribution in [2.75, 3.05) is 20.3 Å². The third-order valence-electron chi connectivity index (χ3n) is 4.99. The number of benzene rings is 1. The van der Waals surface area contributed by atoms with Gasteiger partial charge in [-0.1, -0.05) is 5.16 Å². The van der Waals surface area contributed by atoms with Gasteiger partial charge in [-0.2, -0.15) is 0 Å². The molecular weight excluding hydrogens is 362 g/mol. The molecule has 4 rings (SSSR count). The van der Waals surface area contributed by atoms with Crippen molar-refractivity contribution in [2.24, 2.45) is 5.92 Å². The fourth-order valence-electron chi connectivity index (χ4n) is 3.47. The van der Waals surface area contributed by atoms with Crippen LogP contribution >= 0.6 is 0 Å². The van der Waals surface area contributed by atoms with Crippen molar-refractivity contribution in [1.29, 1.82) is 0 Å². The van der Waals surface area contributed by atoms with Crippen molar-refractivity contribution in [2.45, 2.75) is 19.4 Å². The lowest BCUT2D eigenvalue weighted by Gasteiger charge is -2.18. The quantitative estimate of drug-likeness (QED) is 0.696. The average Bonchev–Trinajstić information content (AvgIpc) is 3.30. The van der Waals surface area contributed by atoms with E-state index in [4.69, 9.17) is 14.0 Å². The second kappa shape index (κ2) is 7.47. The fourth-order valence-corrected chi connectivity index (χ4v) is 3.47. The Labute approximate surface area is 160 Å². The van der Waals surface area contributed by atoms with Crippen LogP contribution in [0, 0.1) is 12.8 Å². The van der Waals surface area contributed by atoms with Crippen LogP contribution in [0.5, 0.6) is 5.75 Å². The minimum atomic E-state index is -0.430. The maximum atomic E-state index is 12.8. The van der Waals surface area contributed by atoms with Gasteiger partial charge in [0.1, 0.15) is 17.1 Å². The van der Waals surface area contributed by atoms with Crippen LogP contribution in [-0.2, 0) is 11.2 Å². The standard InChI is InChI=1S/C20H21N3O5/c1-11-5-14(28-23-11)6-12-9-27-10-18(12)22-20(25)16-8-21-17-4-3-13(26-2)7-15(17)19(16)24/h3-5,7-8,12,18H,6,9-10H2,1-2H3,(H,21,24)(H,22,25)/t12-,18+/m1/s1. The fraction of sp³-hybridized carbons (Fsp3) is 0.350. The van der Waals surface area contributed by atoms with Crippen LogP contribution in [0.25, 0.3) is 10.9 Å². The molecule has 1 fully saturated rings. The number of nitrogens with zero attached hydrogens (tertiary/aromatic N) is 1. The highest BCUT2D eigenvalue weighted by atomic mass is 16.5. The van der Waals surface area contributed by atoms with Crippen molar-refractivity contribution < 1.29 is 18.8 Å². The minimum Gasteiger partial charge on any atom is -0.497 e. The molecule has 8 heteroatoms. The van der Waals surface area contributed by atoms with Crippen molar-refractivity contribution in [3.05, 3.63) is 57.7 Å². The maximum absolute atomic E-state index is 12.8. The molecule has 2 aromatic heterocycles. The number of carbonyl (C=O) groups excluding carboxylic acids is 1. The van der Waals surface area contributed by atoms with Gasteiger partial charge in [0, 0.05) is 35.5 Å². The number of hydrogen-bond donors (Lipinski definition) is 2. The molecule has 0 spiro atoms. The lowest BCUT2D eigenvalue weighted by molar-refractivity contribution is 0.0923. The first-order valence-corrected chi connectivity index (χ1v) is 9.05. The molecule has 3 heterocycles. The van der Waals surface area contributed by atoms with Crippen molar-refractivity contribution in [3.63, 3.8) is 0 Å². The summed E-state index contributed by atoms with van der Waals surface area (Å²) in [5, 5.41) is 7.22. The van der Waals surface area contributed by atoms with Crippen LogP contribution < -0.4 is 15.5 Å². The lowest BCUT2D eigenvalue weighted by atomic mass is 9.98. The van der Waals surface area contributed by atoms with Gasteiger partial charge in [0.25, 0.3) is 5.91 Å². The van der Waals surface area contributed by atoms with Crippen molar-refractivity contribution in [1.82, 2.24) is 15.5 Å². The molecule has 28 heavy (non-hydrogen) atoms. The van der Waals surface area contributed by atoms with Crippen molar-refractivity contribution in [3.8, 4) is 5.75 Å². The van der Waals surface area contributed by atoms with E-state index in [1.807, 2.05) is 13.0 Å². The summed E-state index contributed by atoms with van der Waals surface area (Å²) in [4.78, 5) is 28.6. The van der Waals surface area contributed by atoms with Gasteiger partial charge >= 0.3 is 0 Å². The second-order valence-corrected chi connectivity index (χ2v) is 6.96. The van der Waals surface area contributed by atoms with Gasteiger partial charge in [0.05, 0.1) is 32.1 Å². The maximum Gasteiger partial charge on any atom is 0.257 e. The van der Waals surface area contributed by atoms with Crippen LogP contribution in [0.1, 0.15) is 21.8 Å². The SMILES string of the molecule is COc1ccc2[nH]cc(C(=O)N[C@H]3COC[C@H]3Cc3cc(C)no3)c(=O)c2c1. The zero-order valence-electron chi connectivity index (χ0n) is 15.7. The summed E-state index contributed by atoms with van der Waals surface area (Å²) in [5.41, 5.74) is 1.17. The van der Waals surface area contributed by atoms with E-state index in [0.717, 1.165) is 11.5 Å². The average molecular weight is 383 g/mol. The first-order valence-electron chi connectivity index (χ1n) is 9.05. The van der Waals surface area contributed by atoms with Crippen LogP contribution in [-0.4, -0.2) is 42.4 Å². The van der Waals surface area contributed by atoms with Gasteiger partial charge in [0.15, 0.2) is 0 Å². The Balaban J connectivity index is 1.54. The molecule has 1 amide bonds. The van der Waals surface area contributed by atoms with Gasteiger partial charge in [0.2, 0.25) is 5.43 Å². The van der Waals surface area contributed by atoms with E-state index in [-0.39, 0.29) is 23.0 Å². The van der Waals surface area contributed by atoms with Gasteiger partial charge in [-0.05, 0) is 25.1 Å². The Morgan fingerprint density at radius 3 is 2.96 bits per heavy atom. The highest BCUT2D eigenvalue weighted by Crippen LogP contribution is 2.21. The highest BCUT2D eigenvalue weighted by molar-refractivity contribution is 5.97.